The monoisotopic (exact) mass is 386 g/mol. The van der Waals surface area contributed by atoms with Crippen LogP contribution in [0.2, 0.25) is 5.28 Å². The second-order valence-electron chi connectivity index (χ2n) is 4.19. The van der Waals surface area contributed by atoms with E-state index in [2.05, 4.69) is 15.0 Å². The molecular weight excluding hydrogens is 378 g/mol. The van der Waals surface area contributed by atoms with E-state index in [1.807, 2.05) is 0 Å². The number of hydrogen-bond acceptors (Lipinski definition) is 5. The molecule has 22 heavy (non-hydrogen) atoms. The number of nitrogen functional groups attached to an aromatic ring is 1. The molecule has 0 aliphatic carbocycles. The maximum atomic E-state index is 11.4. The van der Waals surface area contributed by atoms with Crippen molar-refractivity contribution in [1.29, 1.82) is 0 Å². The molecule has 0 saturated carbocycles. The zero-order valence-corrected chi connectivity index (χ0v) is 14.1. The first-order valence-electron chi connectivity index (χ1n) is 5.88. The van der Waals surface area contributed by atoms with E-state index in [-0.39, 0.29) is 28.8 Å². The van der Waals surface area contributed by atoms with E-state index < -0.39 is 16.1 Å². The molecule has 0 radical (unpaired) electrons. The van der Waals surface area contributed by atoms with Crippen LogP contribution in [0.25, 0.3) is 11.2 Å². The topological polar surface area (TPSA) is 110 Å². The molecule has 0 aromatic carbocycles. The third kappa shape index (κ3) is 3.10. The number of amides is 1. The molecule has 0 spiro atoms. The zero-order chi connectivity index (χ0) is 16.7. The van der Waals surface area contributed by atoms with Gasteiger partial charge < -0.3 is 10.8 Å². The van der Waals surface area contributed by atoms with Gasteiger partial charge in [0.15, 0.2) is 17.6 Å². The van der Waals surface area contributed by atoms with Crippen LogP contribution in [0.5, 0.6) is 0 Å². The number of fused-ring (bicyclic) bond motifs is 1. The van der Waals surface area contributed by atoms with Gasteiger partial charge in [0, 0.05) is 6.54 Å². The van der Waals surface area contributed by atoms with Crippen LogP contribution in [0.3, 0.4) is 0 Å². The molecule has 8 nitrogen and oxygen atoms in total. The van der Waals surface area contributed by atoms with Crippen molar-refractivity contribution >= 4 is 69.5 Å². The van der Waals surface area contributed by atoms with Crippen LogP contribution < -0.4 is 5.73 Å². The van der Waals surface area contributed by atoms with Crippen LogP contribution in [0.1, 0.15) is 13.1 Å². The van der Waals surface area contributed by atoms with Gasteiger partial charge in [-0.1, -0.05) is 34.8 Å². The van der Waals surface area contributed by atoms with Crippen LogP contribution in [-0.4, -0.2) is 46.0 Å². The maximum absolute atomic E-state index is 11.4. The molecule has 1 atom stereocenters. The lowest BCUT2D eigenvalue weighted by atomic mass is 10.4. The smallest absolute Gasteiger partial charge is 0.409 e. The van der Waals surface area contributed by atoms with Crippen molar-refractivity contribution < 1.29 is 9.90 Å². The minimum absolute atomic E-state index is 0.0372. The standard InChI is InChI=1S/C10H10Cl4N6O2/c1-2-19(9(21)22)7(10(12,13)14)20-3-16-4-5(15)17-8(11)18-6(4)20/h3,7H,2H2,1H3,(H,21,22)(H2,15,17,18). The summed E-state index contributed by atoms with van der Waals surface area (Å²) in [6.45, 7) is 1.68. The van der Waals surface area contributed by atoms with Gasteiger partial charge in [-0.2, -0.15) is 9.97 Å². The van der Waals surface area contributed by atoms with Gasteiger partial charge in [-0.05, 0) is 18.5 Å². The van der Waals surface area contributed by atoms with Crippen molar-refractivity contribution in [2.45, 2.75) is 16.9 Å². The van der Waals surface area contributed by atoms with Gasteiger partial charge in [-0.25, -0.2) is 9.78 Å². The average Bonchev–Trinajstić information content (AvgIpc) is 2.77. The zero-order valence-electron chi connectivity index (χ0n) is 11.0. The molecule has 12 heteroatoms. The summed E-state index contributed by atoms with van der Waals surface area (Å²) < 4.78 is -0.696. The third-order valence-electron chi connectivity index (χ3n) is 2.86. The summed E-state index contributed by atoms with van der Waals surface area (Å²) in [6.07, 6.45) is -1.21. The number of imidazole rings is 1. The van der Waals surface area contributed by atoms with Gasteiger partial charge in [0.2, 0.25) is 9.08 Å². The fraction of sp³-hybridized carbons (Fsp3) is 0.400. The number of rotatable bonds is 3. The van der Waals surface area contributed by atoms with Crippen molar-refractivity contribution in [3.05, 3.63) is 11.6 Å². The molecule has 0 fully saturated rings. The Kier molecular flexibility index (Phi) is 4.76. The van der Waals surface area contributed by atoms with E-state index >= 15 is 0 Å². The van der Waals surface area contributed by atoms with Gasteiger partial charge in [0.05, 0.1) is 6.33 Å². The highest BCUT2D eigenvalue weighted by Gasteiger charge is 2.41. The Morgan fingerprint density at radius 3 is 2.64 bits per heavy atom. The van der Waals surface area contributed by atoms with Gasteiger partial charge in [0.25, 0.3) is 0 Å². The average molecular weight is 388 g/mol. The lowest BCUT2D eigenvalue weighted by Crippen LogP contribution is -2.43. The van der Waals surface area contributed by atoms with Crippen molar-refractivity contribution in [3.8, 4) is 0 Å². The Bertz CT molecular complexity index is 715. The number of carboxylic acid groups (broad SMARTS) is 1. The van der Waals surface area contributed by atoms with E-state index in [1.165, 1.54) is 10.9 Å². The predicted molar refractivity (Wildman–Crippen MR) is 84.5 cm³/mol. The molecule has 120 valence electrons. The van der Waals surface area contributed by atoms with Gasteiger partial charge in [-0.3, -0.25) is 9.47 Å². The second-order valence-corrected chi connectivity index (χ2v) is 6.89. The second kappa shape index (κ2) is 6.11. The molecule has 2 rings (SSSR count). The summed E-state index contributed by atoms with van der Waals surface area (Å²) in [6, 6.07) is 0. The van der Waals surface area contributed by atoms with Crippen molar-refractivity contribution in [2.75, 3.05) is 12.3 Å². The number of hydrogen-bond donors (Lipinski definition) is 2. The van der Waals surface area contributed by atoms with E-state index in [9.17, 15) is 9.90 Å². The molecule has 1 unspecified atom stereocenters. The molecule has 1 amide bonds. The Morgan fingerprint density at radius 2 is 2.14 bits per heavy atom. The molecule has 2 aromatic rings. The van der Waals surface area contributed by atoms with Crippen LogP contribution in [-0.2, 0) is 0 Å². The largest absolute Gasteiger partial charge is 0.465 e. The first-order valence-corrected chi connectivity index (χ1v) is 7.39. The fourth-order valence-corrected chi connectivity index (χ4v) is 2.83. The highest BCUT2D eigenvalue weighted by Crippen LogP contribution is 2.41. The highest BCUT2D eigenvalue weighted by molar-refractivity contribution is 6.68. The van der Waals surface area contributed by atoms with Crippen molar-refractivity contribution in [1.82, 2.24) is 24.4 Å². The molecule has 2 heterocycles. The Hall–Kier alpha value is -1.22. The Morgan fingerprint density at radius 1 is 1.50 bits per heavy atom. The third-order valence-corrected chi connectivity index (χ3v) is 3.61. The number of halogens is 4. The molecule has 0 saturated heterocycles. The highest BCUT2D eigenvalue weighted by atomic mass is 35.6. The molecular formula is C10H10Cl4N6O2. The van der Waals surface area contributed by atoms with Gasteiger partial charge in [-0.15, -0.1) is 0 Å². The number of nitrogens with zero attached hydrogens (tertiary/aromatic N) is 5. The minimum atomic E-state index is -1.98. The summed E-state index contributed by atoms with van der Waals surface area (Å²) in [4.78, 5) is 24.1. The summed E-state index contributed by atoms with van der Waals surface area (Å²) in [5, 5.41) is 9.19. The van der Waals surface area contributed by atoms with Crippen molar-refractivity contribution in [3.63, 3.8) is 0 Å². The summed E-state index contributed by atoms with van der Waals surface area (Å²) in [7, 11) is 0. The quantitative estimate of drug-likeness (QED) is 0.618. The fourth-order valence-electron chi connectivity index (χ4n) is 1.99. The lowest BCUT2D eigenvalue weighted by Gasteiger charge is -2.34. The molecule has 2 aromatic heterocycles. The first kappa shape index (κ1) is 17.1. The van der Waals surface area contributed by atoms with Crippen LogP contribution >= 0.6 is 46.4 Å². The predicted octanol–water partition coefficient (Wildman–Crippen LogP) is 2.93. The molecule has 3 N–H and O–H groups in total. The van der Waals surface area contributed by atoms with Crippen LogP contribution in [0, 0.1) is 0 Å². The normalized spacial score (nSPS) is 13.3. The number of carbonyl (C=O) groups is 1. The number of aromatic nitrogens is 4. The maximum Gasteiger partial charge on any atom is 0.409 e. The van der Waals surface area contributed by atoms with Gasteiger partial charge in [0.1, 0.15) is 5.52 Å². The number of nitrogens with two attached hydrogens (primary N) is 1. The first-order chi connectivity index (χ1) is 10.2. The number of anilines is 1. The van der Waals surface area contributed by atoms with E-state index in [1.54, 1.807) is 6.92 Å². The summed E-state index contributed by atoms with van der Waals surface area (Å²) in [5.41, 5.74) is 6.10. The van der Waals surface area contributed by atoms with Crippen LogP contribution in [0.4, 0.5) is 10.6 Å². The lowest BCUT2D eigenvalue weighted by molar-refractivity contribution is 0.108. The van der Waals surface area contributed by atoms with Crippen LogP contribution in [0.15, 0.2) is 6.33 Å². The summed E-state index contributed by atoms with van der Waals surface area (Å²) in [5.74, 6) is 0.0372. The van der Waals surface area contributed by atoms with Crippen molar-refractivity contribution in [2.24, 2.45) is 0 Å². The van der Waals surface area contributed by atoms with E-state index in [4.69, 9.17) is 52.1 Å². The summed E-state index contributed by atoms with van der Waals surface area (Å²) >= 11 is 23.6. The minimum Gasteiger partial charge on any atom is -0.465 e. The SMILES string of the molecule is CCN(C(=O)O)C(n1cnc2c(N)nc(Cl)nc21)C(Cl)(Cl)Cl. The molecule has 0 bridgehead atoms. The Balaban J connectivity index is 2.70. The van der Waals surface area contributed by atoms with E-state index in [0.717, 1.165) is 4.90 Å². The van der Waals surface area contributed by atoms with E-state index in [0.29, 0.717) is 0 Å². The number of alkyl halides is 3. The molecule has 0 aliphatic rings. The molecule has 0 aliphatic heterocycles. The van der Waals surface area contributed by atoms with Gasteiger partial charge >= 0.3 is 6.09 Å². The Labute approximate surface area is 144 Å².